The predicted octanol–water partition coefficient (Wildman–Crippen LogP) is 17.1. The largest absolute Gasteiger partial charge is 0.309 e. The SMILES string of the molecule is CCc1cc(N(c2ccccc2)c2cc3cccnc3cc2-c2ccccc2)c2ccc3c(CC)cc(N(c4ccccc4)c4cc5cccnc5cc4-c4ccccc4)c4ccc1c2c34. The maximum absolute atomic E-state index is 4.84. The number of hydrogen-bond donors (Lipinski definition) is 0. The second-order valence-electron chi connectivity index (χ2n) is 17.1. The average Bonchev–Trinajstić information content (AvgIpc) is 3.39. The van der Waals surface area contributed by atoms with E-state index in [1.54, 1.807) is 0 Å². The molecule has 314 valence electrons. The standard InChI is InChI=1S/C62H46N4/c1-3-41-35-57(65(47-25-13-7-14-26-47)59-37-45-23-17-33-63-55(45)39-53(59)43-19-9-5-10-20-43)51-32-30-50-42(4-2)36-58(52-31-29-49(41)61(51)62(50)52)66(48-27-15-8-16-28-48)60-38-46-24-18-34-64-56(46)40-54(60)44-21-11-6-12-22-44/h5-40H,3-4H2,1-2H3. The molecule has 0 unspecified atom stereocenters. The lowest BCUT2D eigenvalue weighted by Crippen LogP contribution is -2.14. The van der Waals surface area contributed by atoms with Gasteiger partial charge in [0.1, 0.15) is 0 Å². The van der Waals surface area contributed by atoms with E-state index in [9.17, 15) is 0 Å². The van der Waals surface area contributed by atoms with Crippen molar-refractivity contribution in [3.05, 3.63) is 230 Å². The number of rotatable bonds is 10. The lowest BCUT2D eigenvalue weighted by atomic mass is 9.86. The van der Waals surface area contributed by atoms with Crippen LogP contribution in [-0.4, -0.2) is 9.97 Å². The number of aromatic nitrogens is 2. The third-order valence-electron chi connectivity index (χ3n) is 13.4. The van der Waals surface area contributed by atoms with Crippen LogP contribution in [0.3, 0.4) is 0 Å². The molecule has 0 amide bonds. The maximum atomic E-state index is 4.84. The van der Waals surface area contributed by atoms with E-state index < -0.39 is 0 Å². The molecule has 0 aliphatic heterocycles. The molecule has 10 aromatic carbocycles. The molecular weight excluding hydrogens is 801 g/mol. The molecule has 12 rings (SSSR count). The molecule has 0 saturated heterocycles. The third-order valence-corrected chi connectivity index (χ3v) is 13.4. The van der Waals surface area contributed by atoms with Gasteiger partial charge >= 0.3 is 0 Å². The fourth-order valence-corrected chi connectivity index (χ4v) is 10.3. The van der Waals surface area contributed by atoms with Crippen molar-refractivity contribution in [3.8, 4) is 22.3 Å². The van der Waals surface area contributed by atoms with Crippen LogP contribution in [-0.2, 0) is 12.8 Å². The molecule has 2 heterocycles. The number of hydrogen-bond acceptors (Lipinski definition) is 4. The molecular formula is C62H46N4. The predicted molar refractivity (Wildman–Crippen MR) is 280 cm³/mol. The molecule has 0 aliphatic carbocycles. The van der Waals surface area contributed by atoms with E-state index in [4.69, 9.17) is 9.97 Å². The Hall–Kier alpha value is -8.34. The van der Waals surface area contributed by atoms with Gasteiger partial charge in [0.15, 0.2) is 0 Å². The Morgan fingerprint density at radius 3 is 1.12 bits per heavy atom. The zero-order valence-corrected chi connectivity index (χ0v) is 37.0. The Labute approximate surface area is 385 Å². The number of para-hydroxylation sites is 2. The monoisotopic (exact) mass is 846 g/mol. The van der Waals surface area contributed by atoms with E-state index in [0.717, 1.165) is 91.0 Å². The first-order valence-electron chi connectivity index (χ1n) is 23.0. The topological polar surface area (TPSA) is 32.3 Å². The lowest BCUT2D eigenvalue weighted by molar-refractivity contribution is 1.15. The zero-order chi connectivity index (χ0) is 44.1. The van der Waals surface area contributed by atoms with Crippen LogP contribution < -0.4 is 9.80 Å². The Morgan fingerprint density at radius 2 is 0.727 bits per heavy atom. The summed E-state index contributed by atoms with van der Waals surface area (Å²) in [7, 11) is 0. The molecule has 0 spiro atoms. The van der Waals surface area contributed by atoms with Crippen molar-refractivity contribution in [3.63, 3.8) is 0 Å². The van der Waals surface area contributed by atoms with Gasteiger partial charge in [-0.2, -0.15) is 0 Å². The molecule has 66 heavy (non-hydrogen) atoms. The van der Waals surface area contributed by atoms with E-state index in [-0.39, 0.29) is 0 Å². The Bertz CT molecular complexity index is 3470. The van der Waals surface area contributed by atoms with Gasteiger partial charge in [-0.1, -0.05) is 147 Å². The van der Waals surface area contributed by atoms with Crippen molar-refractivity contribution >= 4 is 88.2 Å². The molecule has 0 saturated carbocycles. The van der Waals surface area contributed by atoms with Crippen molar-refractivity contribution in [1.82, 2.24) is 9.97 Å². The van der Waals surface area contributed by atoms with Crippen molar-refractivity contribution in [2.24, 2.45) is 0 Å². The Balaban J connectivity index is 1.19. The lowest BCUT2D eigenvalue weighted by Gasteiger charge is -2.32. The highest BCUT2D eigenvalue weighted by Crippen LogP contribution is 2.52. The minimum absolute atomic E-state index is 0.881. The quantitative estimate of drug-likeness (QED) is 0.128. The second kappa shape index (κ2) is 16.3. The molecule has 0 atom stereocenters. The fraction of sp³-hybridized carbons (Fsp3) is 0.0645. The molecule has 4 nitrogen and oxygen atoms in total. The van der Waals surface area contributed by atoms with E-state index in [0.29, 0.717) is 0 Å². The van der Waals surface area contributed by atoms with Gasteiger partial charge < -0.3 is 9.80 Å². The summed E-state index contributed by atoms with van der Waals surface area (Å²) in [6.07, 6.45) is 5.54. The van der Waals surface area contributed by atoms with Gasteiger partial charge in [0.25, 0.3) is 0 Å². The number of nitrogens with zero attached hydrogens (tertiary/aromatic N) is 4. The van der Waals surface area contributed by atoms with Crippen LogP contribution >= 0.6 is 0 Å². The van der Waals surface area contributed by atoms with E-state index >= 15 is 0 Å². The van der Waals surface area contributed by atoms with Crippen molar-refractivity contribution < 1.29 is 0 Å². The molecule has 0 N–H and O–H groups in total. The number of aryl methyl sites for hydroxylation is 2. The molecule has 0 radical (unpaired) electrons. The van der Waals surface area contributed by atoms with Crippen LogP contribution in [0.2, 0.25) is 0 Å². The van der Waals surface area contributed by atoms with E-state index in [2.05, 4.69) is 218 Å². The van der Waals surface area contributed by atoms with Crippen LogP contribution in [0.15, 0.2) is 219 Å². The minimum Gasteiger partial charge on any atom is -0.309 e. The molecule has 0 aliphatic rings. The first kappa shape index (κ1) is 39.3. The highest BCUT2D eigenvalue weighted by molar-refractivity contribution is 6.29. The van der Waals surface area contributed by atoms with Gasteiger partial charge in [0, 0.05) is 56.4 Å². The van der Waals surface area contributed by atoms with E-state index in [1.165, 1.54) is 43.4 Å². The first-order valence-corrected chi connectivity index (χ1v) is 23.0. The van der Waals surface area contributed by atoms with Gasteiger partial charge in [-0.15, -0.1) is 0 Å². The molecule has 2 aromatic heterocycles. The minimum atomic E-state index is 0.881. The maximum Gasteiger partial charge on any atom is 0.0709 e. The number of fused-ring (bicyclic) bond motifs is 2. The second-order valence-corrected chi connectivity index (χ2v) is 17.1. The van der Waals surface area contributed by atoms with Crippen LogP contribution in [0.4, 0.5) is 34.1 Å². The average molecular weight is 847 g/mol. The summed E-state index contributed by atoms with van der Waals surface area (Å²) < 4.78 is 0. The Morgan fingerprint density at radius 1 is 0.348 bits per heavy atom. The third kappa shape index (κ3) is 6.52. The van der Waals surface area contributed by atoms with Gasteiger partial charge in [0.2, 0.25) is 0 Å². The van der Waals surface area contributed by atoms with Gasteiger partial charge in [-0.25, -0.2) is 0 Å². The van der Waals surface area contributed by atoms with Crippen molar-refractivity contribution in [2.75, 3.05) is 9.80 Å². The first-order chi connectivity index (χ1) is 32.7. The highest BCUT2D eigenvalue weighted by atomic mass is 15.2. The van der Waals surface area contributed by atoms with Crippen molar-refractivity contribution in [1.29, 1.82) is 0 Å². The summed E-state index contributed by atoms with van der Waals surface area (Å²) in [5.74, 6) is 0. The zero-order valence-electron chi connectivity index (χ0n) is 37.0. The Kier molecular flexibility index (Phi) is 9.72. The van der Waals surface area contributed by atoms with Crippen molar-refractivity contribution in [2.45, 2.75) is 26.7 Å². The van der Waals surface area contributed by atoms with E-state index in [1.807, 2.05) is 24.5 Å². The molecule has 0 bridgehead atoms. The van der Waals surface area contributed by atoms with Crippen LogP contribution in [0.5, 0.6) is 0 Å². The summed E-state index contributed by atoms with van der Waals surface area (Å²) in [6, 6.07) is 75.3. The summed E-state index contributed by atoms with van der Waals surface area (Å²) in [4.78, 5) is 14.7. The highest BCUT2D eigenvalue weighted by Gasteiger charge is 2.27. The van der Waals surface area contributed by atoms with Crippen LogP contribution in [0.25, 0.3) is 76.4 Å². The smallest absolute Gasteiger partial charge is 0.0709 e. The van der Waals surface area contributed by atoms with Gasteiger partial charge in [0.05, 0.1) is 33.8 Å². The molecule has 4 heteroatoms. The fourth-order valence-electron chi connectivity index (χ4n) is 10.3. The number of anilines is 6. The summed E-state index contributed by atoms with van der Waals surface area (Å²) in [5.41, 5.74) is 15.8. The van der Waals surface area contributed by atoms with Gasteiger partial charge in [-0.3, -0.25) is 9.97 Å². The van der Waals surface area contributed by atoms with Crippen LogP contribution in [0.1, 0.15) is 25.0 Å². The summed E-state index contributed by atoms with van der Waals surface area (Å²) in [5, 5.41) is 9.78. The van der Waals surface area contributed by atoms with Crippen LogP contribution in [0, 0.1) is 0 Å². The normalized spacial score (nSPS) is 11.6. The molecule has 0 fully saturated rings. The summed E-state index contributed by atoms with van der Waals surface area (Å²) in [6.45, 7) is 4.58. The summed E-state index contributed by atoms with van der Waals surface area (Å²) >= 11 is 0. The number of benzene rings is 10. The molecule has 12 aromatic rings. The number of pyridine rings is 2. The van der Waals surface area contributed by atoms with Gasteiger partial charge in [-0.05, 0) is 129 Å².